The predicted octanol–water partition coefficient (Wildman–Crippen LogP) is 3.50. The van der Waals surface area contributed by atoms with Crippen molar-refractivity contribution in [2.45, 2.75) is 25.0 Å². The fourth-order valence-electron chi connectivity index (χ4n) is 1.72. The van der Waals surface area contributed by atoms with E-state index in [1.165, 1.54) is 11.8 Å². The number of rotatable bonds is 7. The van der Waals surface area contributed by atoms with Gasteiger partial charge in [-0.25, -0.2) is 9.97 Å². The highest BCUT2D eigenvalue weighted by molar-refractivity contribution is 9.10. The molecular formula is C14H15BrN2O3S. The van der Waals surface area contributed by atoms with E-state index in [0.717, 1.165) is 20.4 Å². The molecule has 0 amide bonds. The van der Waals surface area contributed by atoms with E-state index in [-0.39, 0.29) is 6.42 Å². The van der Waals surface area contributed by atoms with Gasteiger partial charge >= 0.3 is 5.97 Å². The van der Waals surface area contributed by atoms with Crippen molar-refractivity contribution in [2.24, 2.45) is 0 Å². The molecule has 0 saturated carbocycles. The average molecular weight is 371 g/mol. The molecule has 0 saturated heterocycles. The summed E-state index contributed by atoms with van der Waals surface area (Å²) in [6.07, 6.45) is 0.105. The van der Waals surface area contributed by atoms with E-state index in [4.69, 9.17) is 9.84 Å². The van der Waals surface area contributed by atoms with Crippen LogP contribution in [-0.4, -0.2) is 33.4 Å². The number of thioether (sulfide) groups is 1. The Kier molecular flexibility index (Phi) is 5.96. The molecule has 0 aliphatic heterocycles. The lowest BCUT2D eigenvalue weighted by Crippen LogP contribution is -2.02. The zero-order valence-corrected chi connectivity index (χ0v) is 13.9. The van der Waals surface area contributed by atoms with Gasteiger partial charge in [0.2, 0.25) is 0 Å². The molecule has 0 atom stereocenters. The molecule has 112 valence electrons. The first kappa shape index (κ1) is 16.2. The van der Waals surface area contributed by atoms with Gasteiger partial charge in [0.1, 0.15) is 11.6 Å². The van der Waals surface area contributed by atoms with Crippen molar-refractivity contribution in [3.05, 3.63) is 28.5 Å². The zero-order chi connectivity index (χ0) is 15.2. The maximum absolute atomic E-state index is 10.6. The number of carboxylic acid groups (broad SMARTS) is 1. The molecule has 1 aromatic heterocycles. The molecule has 0 spiro atoms. The number of nitrogens with zero attached hydrogens (tertiary/aromatic N) is 2. The van der Waals surface area contributed by atoms with Crippen molar-refractivity contribution >= 4 is 44.6 Å². The minimum absolute atomic E-state index is 0.105. The Morgan fingerprint density at radius 2 is 2.24 bits per heavy atom. The number of hydrogen-bond acceptors (Lipinski definition) is 5. The molecule has 0 radical (unpaired) electrons. The third-order valence-electron chi connectivity index (χ3n) is 2.66. The zero-order valence-electron chi connectivity index (χ0n) is 11.5. The van der Waals surface area contributed by atoms with Gasteiger partial charge in [-0.2, -0.15) is 0 Å². The molecule has 21 heavy (non-hydrogen) atoms. The van der Waals surface area contributed by atoms with Gasteiger partial charge < -0.3 is 9.84 Å². The first-order valence-electron chi connectivity index (χ1n) is 6.48. The number of aliphatic carboxylic acids is 1. The molecule has 0 aliphatic carbocycles. The van der Waals surface area contributed by atoms with Crippen LogP contribution in [0.5, 0.6) is 0 Å². The number of hydrogen-bond donors (Lipinski definition) is 1. The normalized spacial score (nSPS) is 11.0. The summed E-state index contributed by atoms with van der Waals surface area (Å²) < 4.78 is 6.30. The molecule has 0 fully saturated rings. The summed E-state index contributed by atoms with van der Waals surface area (Å²) in [6.45, 7) is 2.87. The van der Waals surface area contributed by atoms with E-state index in [1.54, 1.807) is 0 Å². The summed E-state index contributed by atoms with van der Waals surface area (Å²) in [5.41, 5.74) is 0.826. The highest BCUT2D eigenvalue weighted by atomic mass is 79.9. The Morgan fingerprint density at radius 3 is 2.95 bits per heavy atom. The molecule has 1 N–H and O–H groups in total. The molecule has 7 heteroatoms. The quantitative estimate of drug-likeness (QED) is 0.593. The number of fused-ring (bicyclic) bond motifs is 1. The van der Waals surface area contributed by atoms with Gasteiger partial charge in [0.15, 0.2) is 5.82 Å². The second-order valence-corrected chi connectivity index (χ2v) is 6.24. The Bertz CT molecular complexity index is 651. The third-order valence-corrected chi connectivity index (χ3v) is 4.15. The van der Waals surface area contributed by atoms with E-state index < -0.39 is 5.97 Å². The number of carbonyl (C=O) groups is 1. The van der Waals surface area contributed by atoms with E-state index in [9.17, 15) is 4.79 Å². The van der Waals surface area contributed by atoms with Crippen molar-refractivity contribution in [1.29, 1.82) is 0 Å². The van der Waals surface area contributed by atoms with E-state index in [1.807, 2.05) is 25.1 Å². The van der Waals surface area contributed by atoms with E-state index in [0.29, 0.717) is 24.8 Å². The Hall–Kier alpha value is -1.18. The van der Waals surface area contributed by atoms with Crippen LogP contribution in [0.3, 0.4) is 0 Å². The van der Waals surface area contributed by atoms with Gasteiger partial charge in [-0.05, 0) is 25.1 Å². The van der Waals surface area contributed by atoms with Crippen LogP contribution in [0.4, 0.5) is 0 Å². The molecule has 2 aromatic rings. The summed E-state index contributed by atoms with van der Waals surface area (Å²) in [5, 5.41) is 10.5. The van der Waals surface area contributed by atoms with Crippen molar-refractivity contribution in [3.8, 4) is 0 Å². The van der Waals surface area contributed by atoms with Gasteiger partial charge in [-0.1, -0.05) is 15.9 Å². The molecule has 2 rings (SSSR count). The van der Waals surface area contributed by atoms with Crippen LogP contribution in [0, 0.1) is 0 Å². The average Bonchev–Trinajstić information content (AvgIpc) is 2.44. The number of benzene rings is 1. The predicted molar refractivity (Wildman–Crippen MR) is 85.5 cm³/mol. The lowest BCUT2D eigenvalue weighted by Gasteiger charge is -2.08. The van der Waals surface area contributed by atoms with E-state index >= 15 is 0 Å². The Labute approximate surface area is 135 Å². The van der Waals surface area contributed by atoms with Gasteiger partial charge in [-0.3, -0.25) is 4.79 Å². The number of aromatic nitrogens is 2. The second kappa shape index (κ2) is 7.72. The van der Waals surface area contributed by atoms with Gasteiger partial charge in [0.25, 0.3) is 0 Å². The fraction of sp³-hybridized carbons (Fsp3) is 0.357. The van der Waals surface area contributed by atoms with Crippen LogP contribution in [0.2, 0.25) is 0 Å². The summed E-state index contributed by atoms with van der Waals surface area (Å²) in [5.74, 6) is 0.282. The van der Waals surface area contributed by atoms with Gasteiger partial charge in [0.05, 0.1) is 11.9 Å². The lowest BCUT2D eigenvalue weighted by atomic mass is 10.2. The Morgan fingerprint density at radius 1 is 1.43 bits per heavy atom. The minimum atomic E-state index is -0.807. The largest absolute Gasteiger partial charge is 0.481 e. The highest BCUT2D eigenvalue weighted by Gasteiger charge is 2.10. The van der Waals surface area contributed by atoms with Crippen LogP contribution in [-0.2, 0) is 16.1 Å². The molecule has 0 bridgehead atoms. The van der Waals surface area contributed by atoms with Crippen molar-refractivity contribution in [2.75, 3.05) is 12.4 Å². The standard InChI is InChI=1S/C14H15BrN2O3S/c1-2-20-8-12-16-11-7-9(15)3-4-10(11)14(17-12)21-6-5-13(18)19/h3-4,7H,2,5-6,8H2,1H3,(H,18,19). The molecular weight excluding hydrogens is 356 g/mol. The SMILES string of the molecule is CCOCc1nc(SCCC(=O)O)c2ccc(Br)cc2n1. The van der Waals surface area contributed by atoms with Crippen molar-refractivity contribution in [1.82, 2.24) is 9.97 Å². The molecule has 1 aromatic carbocycles. The first-order valence-corrected chi connectivity index (χ1v) is 8.26. The summed E-state index contributed by atoms with van der Waals surface area (Å²) >= 11 is 4.86. The van der Waals surface area contributed by atoms with Crippen LogP contribution in [0.1, 0.15) is 19.2 Å². The second-order valence-electron chi connectivity index (χ2n) is 4.24. The number of ether oxygens (including phenoxy) is 1. The Balaban J connectivity index is 2.32. The summed E-state index contributed by atoms with van der Waals surface area (Å²) in [7, 11) is 0. The molecule has 0 unspecified atom stereocenters. The van der Waals surface area contributed by atoms with Crippen LogP contribution < -0.4 is 0 Å². The molecule has 0 aliphatic rings. The van der Waals surface area contributed by atoms with Gasteiger partial charge in [0, 0.05) is 22.2 Å². The molecule has 5 nitrogen and oxygen atoms in total. The monoisotopic (exact) mass is 370 g/mol. The summed E-state index contributed by atoms with van der Waals surface area (Å²) in [6, 6.07) is 5.79. The van der Waals surface area contributed by atoms with Crippen molar-refractivity contribution < 1.29 is 14.6 Å². The highest BCUT2D eigenvalue weighted by Crippen LogP contribution is 2.28. The maximum Gasteiger partial charge on any atom is 0.304 e. The van der Waals surface area contributed by atoms with Crippen molar-refractivity contribution in [3.63, 3.8) is 0 Å². The van der Waals surface area contributed by atoms with Crippen LogP contribution in [0.15, 0.2) is 27.7 Å². The number of carboxylic acids is 1. The number of halogens is 1. The maximum atomic E-state index is 10.6. The first-order chi connectivity index (χ1) is 10.1. The fourth-order valence-corrected chi connectivity index (χ4v) is 3.04. The minimum Gasteiger partial charge on any atom is -0.481 e. The summed E-state index contributed by atoms with van der Waals surface area (Å²) in [4.78, 5) is 19.6. The van der Waals surface area contributed by atoms with Crippen LogP contribution in [0.25, 0.3) is 10.9 Å². The smallest absolute Gasteiger partial charge is 0.304 e. The molecule has 1 heterocycles. The van der Waals surface area contributed by atoms with Gasteiger partial charge in [-0.15, -0.1) is 11.8 Å². The third kappa shape index (κ3) is 4.66. The topological polar surface area (TPSA) is 72.3 Å². The van der Waals surface area contributed by atoms with E-state index in [2.05, 4.69) is 25.9 Å². The lowest BCUT2D eigenvalue weighted by molar-refractivity contribution is -0.136. The van der Waals surface area contributed by atoms with Crippen LogP contribution >= 0.6 is 27.7 Å².